The van der Waals surface area contributed by atoms with Gasteiger partial charge in [0.05, 0.1) is 5.69 Å². The maximum atomic E-state index is 3.99. The van der Waals surface area contributed by atoms with Gasteiger partial charge in [0, 0.05) is 28.5 Å². The predicted molar refractivity (Wildman–Crippen MR) is 90.2 cm³/mol. The van der Waals surface area contributed by atoms with E-state index in [1.54, 1.807) is 6.20 Å². The number of rotatable bonds is 4. The van der Waals surface area contributed by atoms with Gasteiger partial charge in [-0.05, 0) is 42.3 Å². The topological polar surface area (TPSA) is 40.7 Å². The number of benzene rings is 2. The highest BCUT2D eigenvalue weighted by Crippen LogP contribution is 2.23. The minimum absolute atomic E-state index is 0.785. The van der Waals surface area contributed by atoms with Crippen LogP contribution in [-0.4, -0.2) is 10.2 Å². The summed E-state index contributed by atoms with van der Waals surface area (Å²) < 4.78 is 1.14. The summed E-state index contributed by atoms with van der Waals surface area (Å²) in [7, 11) is 0. The Balaban J connectivity index is 1.75. The summed E-state index contributed by atoms with van der Waals surface area (Å²) in [6.07, 6.45) is 1.76. The van der Waals surface area contributed by atoms with Gasteiger partial charge in [-0.3, -0.25) is 5.10 Å². The van der Waals surface area contributed by atoms with Crippen LogP contribution >= 0.6 is 15.9 Å². The van der Waals surface area contributed by atoms with E-state index in [0.29, 0.717) is 0 Å². The number of anilines is 1. The lowest BCUT2D eigenvalue weighted by Gasteiger charge is -2.10. The smallest absolute Gasteiger partial charge is 0.0650 e. The summed E-state index contributed by atoms with van der Waals surface area (Å²) in [4.78, 5) is 0. The number of halogens is 1. The summed E-state index contributed by atoms with van der Waals surface area (Å²) >= 11 is 3.61. The highest BCUT2D eigenvalue weighted by molar-refractivity contribution is 9.10. The molecule has 106 valence electrons. The van der Waals surface area contributed by atoms with Gasteiger partial charge in [-0.2, -0.15) is 5.10 Å². The van der Waals surface area contributed by atoms with Crippen LogP contribution in [0.5, 0.6) is 0 Å². The van der Waals surface area contributed by atoms with Gasteiger partial charge in [0.15, 0.2) is 0 Å². The van der Waals surface area contributed by atoms with Crippen LogP contribution < -0.4 is 5.32 Å². The second-order valence-electron chi connectivity index (χ2n) is 5.00. The van der Waals surface area contributed by atoms with Gasteiger partial charge in [0.25, 0.3) is 0 Å². The molecule has 2 N–H and O–H groups in total. The van der Waals surface area contributed by atoms with Gasteiger partial charge in [-0.25, -0.2) is 0 Å². The average molecular weight is 342 g/mol. The van der Waals surface area contributed by atoms with E-state index >= 15 is 0 Å². The molecule has 4 heteroatoms. The number of hydrogen-bond acceptors (Lipinski definition) is 2. The molecule has 3 nitrogen and oxygen atoms in total. The summed E-state index contributed by atoms with van der Waals surface area (Å²) in [5.74, 6) is 0. The van der Waals surface area contributed by atoms with Crippen molar-refractivity contribution in [3.63, 3.8) is 0 Å². The van der Waals surface area contributed by atoms with E-state index < -0.39 is 0 Å². The average Bonchev–Trinajstić information content (AvgIpc) is 3.01. The van der Waals surface area contributed by atoms with Crippen molar-refractivity contribution < 1.29 is 0 Å². The molecule has 0 aliphatic rings. The number of aromatic amines is 1. The number of hydrogen-bond donors (Lipinski definition) is 2. The van der Waals surface area contributed by atoms with Crippen LogP contribution in [-0.2, 0) is 6.54 Å². The molecule has 0 bridgehead atoms. The lowest BCUT2D eigenvalue weighted by Crippen LogP contribution is -2.00. The van der Waals surface area contributed by atoms with Crippen molar-refractivity contribution in [3.05, 3.63) is 70.3 Å². The van der Waals surface area contributed by atoms with Crippen LogP contribution in [0, 0.1) is 6.92 Å². The quantitative estimate of drug-likeness (QED) is 0.718. The second-order valence-corrected chi connectivity index (χ2v) is 5.85. The lowest BCUT2D eigenvalue weighted by atomic mass is 10.1. The first-order chi connectivity index (χ1) is 10.2. The zero-order chi connectivity index (χ0) is 14.7. The summed E-state index contributed by atoms with van der Waals surface area (Å²) in [5, 5.41) is 10.4. The maximum Gasteiger partial charge on any atom is 0.0650 e. The van der Waals surface area contributed by atoms with Crippen LogP contribution in [0.15, 0.2) is 59.2 Å². The number of nitrogens with zero attached hydrogens (tertiary/aromatic N) is 1. The van der Waals surface area contributed by atoms with Crippen LogP contribution in [0.3, 0.4) is 0 Å². The first-order valence-corrected chi connectivity index (χ1v) is 7.60. The second kappa shape index (κ2) is 6.14. The molecule has 1 heterocycles. The molecule has 2 aromatic carbocycles. The SMILES string of the molecule is Cc1ccc(CNc2cccc(-c3ccn[nH]3)c2)c(Br)c1. The highest BCUT2D eigenvalue weighted by atomic mass is 79.9. The van der Waals surface area contributed by atoms with E-state index in [-0.39, 0.29) is 0 Å². The summed E-state index contributed by atoms with van der Waals surface area (Å²) in [6, 6.07) is 16.7. The van der Waals surface area contributed by atoms with Crippen molar-refractivity contribution in [2.75, 3.05) is 5.32 Å². The molecule has 3 aromatic rings. The fourth-order valence-corrected chi connectivity index (χ4v) is 2.84. The number of nitrogens with one attached hydrogen (secondary N) is 2. The summed E-state index contributed by atoms with van der Waals surface area (Å²) in [6.45, 7) is 2.88. The van der Waals surface area contributed by atoms with Crippen LogP contribution in [0.4, 0.5) is 5.69 Å². The largest absolute Gasteiger partial charge is 0.381 e. The maximum absolute atomic E-state index is 3.99. The highest BCUT2D eigenvalue weighted by Gasteiger charge is 2.02. The molecule has 0 spiro atoms. The van der Waals surface area contributed by atoms with E-state index in [2.05, 4.69) is 74.8 Å². The zero-order valence-electron chi connectivity index (χ0n) is 11.7. The van der Waals surface area contributed by atoms with E-state index in [1.165, 1.54) is 11.1 Å². The number of H-pyrrole nitrogens is 1. The fourth-order valence-electron chi connectivity index (χ4n) is 2.21. The van der Waals surface area contributed by atoms with Gasteiger partial charge >= 0.3 is 0 Å². The van der Waals surface area contributed by atoms with Crippen LogP contribution in [0.1, 0.15) is 11.1 Å². The molecule has 21 heavy (non-hydrogen) atoms. The minimum atomic E-state index is 0.785. The Bertz CT molecular complexity index is 736. The number of aryl methyl sites for hydroxylation is 1. The molecule has 1 aromatic heterocycles. The monoisotopic (exact) mass is 341 g/mol. The summed E-state index contributed by atoms with van der Waals surface area (Å²) in [5.41, 5.74) is 5.74. The third-order valence-corrected chi connectivity index (χ3v) is 4.10. The first-order valence-electron chi connectivity index (χ1n) is 6.81. The Hall–Kier alpha value is -2.07. The number of aromatic nitrogens is 2. The van der Waals surface area contributed by atoms with Gasteiger partial charge in [-0.1, -0.05) is 40.2 Å². The van der Waals surface area contributed by atoms with Gasteiger partial charge < -0.3 is 5.32 Å². The Kier molecular flexibility index (Phi) is 4.06. The Labute approximate surface area is 132 Å². The third kappa shape index (κ3) is 3.34. The van der Waals surface area contributed by atoms with Crippen molar-refractivity contribution in [1.29, 1.82) is 0 Å². The molecule has 0 aliphatic heterocycles. The molecular formula is C17H16BrN3. The molecule has 0 saturated carbocycles. The molecule has 0 amide bonds. The van der Waals surface area contributed by atoms with Crippen LogP contribution in [0.25, 0.3) is 11.3 Å². The Morgan fingerprint density at radius 2 is 2.05 bits per heavy atom. The van der Waals surface area contributed by atoms with E-state index in [4.69, 9.17) is 0 Å². The first kappa shape index (κ1) is 13.9. The minimum Gasteiger partial charge on any atom is -0.381 e. The van der Waals surface area contributed by atoms with Crippen molar-refractivity contribution in [2.24, 2.45) is 0 Å². The third-order valence-electron chi connectivity index (χ3n) is 3.37. The molecule has 0 unspecified atom stereocenters. The van der Waals surface area contributed by atoms with Crippen LogP contribution in [0.2, 0.25) is 0 Å². The van der Waals surface area contributed by atoms with Crippen molar-refractivity contribution >= 4 is 21.6 Å². The van der Waals surface area contributed by atoms with Crippen molar-refractivity contribution in [3.8, 4) is 11.3 Å². The zero-order valence-corrected chi connectivity index (χ0v) is 13.3. The molecular weight excluding hydrogens is 326 g/mol. The van der Waals surface area contributed by atoms with Gasteiger partial charge in [-0.15, -0.1) is 0 Å². The Morgan fingerprint density at radius 3 is 2.81 bits per heavy atom. The van der Waals surface area contributed by atoms with Crippen molar-refractivity contribution in [1.82, 2.24) is 10.2 Å². The predicted octanol–water partition coefficient (Wildman–Crippen LogP) is 4.76. The molecule has 0 radical (unpaired) electrons. The van der Waals surface area contributed by atoms with E-state index in [0.717, 1.165) is 28.0 Å². The lowest BCUT2D eigenvalue weighted by molar-refractivity contribution is 1.09. The Morgan fingerprint density at radius 1 is 1.14 bits per heavy atom. The fraction of sp³-hybridized carbons (Fsp3) is 0.118. The van der Waals surface area contributed by atoms with Gasteiger partial charge in [0.2, 0.25) is 0 Å². The molecule has 0 atom stereocenters. The normalized spacial score (nSPS) is 10.6. The molecule has 0 saturated heterocycles. The van der Waals surface area contributed by atoms with E-state index in [1.807, 2.05) is 12.1 Å². The standard InChI is InChI=1S/C17H16BrN3/c1-12-5-6-14(16(18)9-12)11-19-15-4-2-3-13(10-15)17-7-8-20-21-17/h2-10,19H,11H2,1H3,(H,20,21). The van der Waals surface area contributed by atoms with E-state index in [9.17, 15) is 0 Å². The molecule has 0 aliphatic carbocycles. The molecule has 3 rings (SSSR count). The molecule has 0 fully saturated rings. The van der Waals surface area contributed by atoms with Gasteiger partial charge in [0.1, 0.15) is 0 Å². The van der Waals surface area contributed by atoms with Crippen molar-refractivity contribution in [2.45, 2.75) is 13.5 Å².